The summed E-state index contributed by atoms with van der Waals surface area (Å²) < 4.78 is -0.523. The van der Waals surface area contributed by atoms with Crippen LogP contribution >= 0.6 is 11.8 Å². The van der Waals surface area contributed by atoms with Crippen LogP contribution in [-0.2, 0) is 9.59 Å². The fraction of sp³-hybridized carbons (Fsp3) is 0.467. The summed E-state index contributed by atoms with van der Waals surface area (Å²) in [7, 11) is 0. The maximum atomic E-state index is 12.5. The highest BCUT2D eigenvalue weighted by Gasteiger charge is 2.42. The van der Waals surface area contributed by atoms with Gasteiger partial charge >= 0.3 is 5.97 Å². The van der Waals surface area contributed by atoms with Gasteiger partial charge in [0.25, 0.3) is 0 Å². The number of benzene rings is 1. The number of carboxylic acids is 1. The van der Waals surface area contributed by atoms with E-state index in [-0.39, 0.29) is 5.91 Å². The Morgan fingerprint density at radius 2 is 1.85 bits per heavy atom. The largest absolute Gasteiger partial charge is 0.480 e. The SMILES string of the molecule is C[C@H](NC(=O)C1(Sc2ccccc2)CCCC1)C(=O)O. The number of nitrogens with one attached hydrogen (secondary N) is 1. The number of amides is 1. The van der Waals surface area contributed by atoms with Gasteiger partial charge in [0.05, 0.1) is 4.75 Å². The molecule has 0 heterocycles. The van der Waals surface area contributed by atoms with E-state index >= 15 is 0 Å². The van der Waals surface area contributed by atoms with E-state index in [2.05, 4.69) is 5.32 Å². The molecule has 0 unspecified atom stereocenters. The summed E-state index contributed by atoms with van der Waals surface area (Å²) in [6.07, 6.45) is 3.61. The Morgan fingerprint density at radius 1 is 1.25 bits per heavy atom. The maximum absolute atomic E-state index is 12.5. The van der Waals surface area contributed by atoms with Crippen LogP contribution in [0.4, 0.5) is 0 Å². The molecular weight excluding hydrogens is 274 g/mol. The van der Waals surface area contributed by atoms with Crippen LogP contribution in [-0.4, -0.2) is 27.8 Å². The second-order valence-corrected chi connectivity index (χ2v) is 6.61. The monoisotopic (exact) mass is 293 g/mol. The quantitative estimate of drug-likeness (QED) is 0.876. The first-order chi connectivity index (χ1) is 9.53. The lowest BCUT2D eigenvalue weighted by Crippen LogP contribution is -2.48. The van der Waals surface area contributed by atoms with E-state index < -0.39 is 16.8 Å². The zero-order valence-electron chi connectivity index (χ0n) is 11.5. The molecule has 2 rings (SSSR count). The molecule has 0 bridgehead atoms. The number of carbonyl (C=O) groups excluding carboxylic acids is 1. The van der Waals surface area contributed by atoms with Crippen LogP contribution in [0.5, 0.6) is 0 Å². The van der Waals surface area contributed by atoms with E-state index in [1.807, 2.05) is 30.3 Å². The van der Waals surface area contributed by atoms with Crippen molar-refractivity contribution < 1.29 is 14.7 Å². The minimum atomic E-state index is -1.00. The first kappa shape index (κ1) is 14.9. The van der Waals surface area contributed by atoms with E-state index in [9.17, 15) is 9.59 Å². The zero-order valence-corrected chi connectivity index (χ0v) is 12.3. The van der Waals surface area contributed by atoms with Crippen LogP contribution in [0.25, 0.3) is 0 Å². The molecule has 0 saturated heterocycles. The number of hydrogen-bond donors (Lipinski definition) is 2. The Kier molecular flexibility index (Phi) is 4.70. The number of aliphatic carboxylic acids is 1. The van der Waals surface area contributed by atoms with E-state index in [4.69, 9.17) is 5.11 Å². The first-order valence-corrected chi connectivity index (χ1v) is 7.63. The van der Waals surface area contributed by atoms with Crippen molar-refractivity contribution in [2.24, 2.45) is 0 Å². The summed E-state index contributed by atoms with van der Waals surface area (Å²) in [6.45, 7) is 1.50. The molecule has 2 N–H and O–H groups in total. The van der Waals surface area contributed by atoms with Crippen molar-refractivity contribution in [1.29, 1.82) is 0 Å². The van der Waals surface area contributed by atoms with Crippen molar-refractivity contribution in [2.75, 3.05) is 0 Å². The zero-order chi connectivity index (χ0) is 14.6. The van der Waals surface area contributed by atoms with Crippen LogP contribution in [0, 0.1) is 0 Å². The molecule has 1 aromatic rings. The lowest BCUT2D eigenvalue weighted by molar-refractivity contribution is -0.141. The third-order valence-corrected chi connectivity index (χ3v) is 5.09. The van der Waals surface area contributed by atoms with Crippen molar-refractivity contribution in [2.45, 2.75) is 48.3 Å². The third kappa shape index (κ3) is 3.33. The molecule has 5 heteroatoms. The standard InChI is InChI=1S/C15H19NO3S/c1-11(13(17)18)16-14(19)15(9-5-6-10-15)20-12-7-3-2-4-8-12/h2-4,7-8,11H,5-6,9-10H2,1H3,(H,16,19)(H,17,18)/t11-/m0/s1. The molecule has 4 nitrogen and oxygen atoms in total. The number of hydrogen-bond acceptors (Lipinski definition) is 3. The van der Waals surface area contributed by atoms with Crippen LogP contribution in [0.15, 0.2) is 35.2 Å². The fourth-order valence-electron chi connectivity index (χ4n) is 2.43. The van der Waals surface area contributed by atoms with Crippen molar-refractivity contribution in [3.8, 4) is 0 Å². The molecule has 1 amide bonds. The average molecular weight is 293 g/mol. The van der Waals surface area contributed by atoms with Crippen LogP contribution in [0.2, 0.25) is 0 Å². The molecule has 1 fully saturated rings. The average Bonchev–Trinajstić information content (AvgIpc) is 2.89. The summed E-state index contributed by atoms with van der Waals surface area (Å²) in [5, 5.41) is 11.5. The van der Waals surface area contributed by atoms with Crippen molar-refractivity contribution in [3.05, 3.63) is 30.3 Å². The van der Waals surface area contributed by atoms with Crippen molar-refractivity contribution in [1.82, 2.24) is 5.32 Å². The van der Waals surface area contributed by atoms with Crippen molar-refractivity contribution >= 4 is 23.6 Å². The Bertz CT molecular complexity index is 483. The molecular formula is C15H19NO3S. The van der Waals surface area contributed by atoms with Crippen LogP contribution < -0.4 is 5.32 Å². The molecule has 108 valence electrons. The Hall–Kier alpha value is -1.49. The van der Waals surface area contributed by atoms with Gasteiger partial charge in [-0.3, -0.25) is 9.59 Å². The van der Waals surface area contributed by atoms with Gasteiger partial charge in [-0.2, -0.15) is 0 Å². The molecule has 0 spiro atoms. The van der Waals surface area contributed by atoms with Gasteiger partial charge in [0, 0.05) is 4.90 Å². The van der Waals surface area contributed by atoms with E-state index in [1.54, 1.807) is 11.8 Å². The van der Waals surface area contributed by atoms with E-state index in [0.29, 0.717) is 0 Å². The molecule has 1 atom stereocenters. The number of carbonyl (C=O) groups is 2. The molecule has 0 aromatic heterocycles. The molecule has 20 heavy (non-hydrogen) atoms. The van der Waals surface area contributed by atoms with Gasteiger partial charge in [-0.25, -0.2) is 0 Å². The van der Waals surface area contributed by atoms with E-state index in [0.717, 1.165) is 30.6 Å². The lowest BCUT2D eigenvalue weighted by atomic mass is 10.1. The summed E-state index contributed by atoms with van der Waals surface area (Å²) in [5.41, 5.74) is 0. The molecule has 1 aromatic carbocycles. The Morgan fingerprint density at radius 3 is 2.40 bits per heavy atom. The Labute approximate surface area is 123 Å². The second kappa shape index (κ2) is 6.31. The summed E-state index contributed by atoms with van der Waals surface area (Å²) in [5.74, 6) is -1.16. The number of rotatable bonds is 5. The number of carboxylic acid groups (broad SMARTS) is 1. The molecule has 0 aliphatic heterocycles. The van der Waals surface area contributed by atoms with Gasteiger partial charge in [-0.05, 0) is 31.9 Å². The third-order valence-electron chi connectivity index (χ3n) is 3.60. The highest BCUT2D eigenvalue weighted by Crippen LogP contribution is 2.45. The highest BCUT2D eigenvalue weighted by molar-refractivity contribution is 8.01. The normalized spacial score (nSPS) is 18.4. The summed E-state index contributed by atoms with van der Waals surface area (Å²) in [4.78, 5) is 24.4. The topological polar surface area (TPSA) is 66.4 Å². The maximum Gasteiger partial charge on any atom is 0.325 e. The molecule has 1 saturated carbocycles. The lowest BCUT2D eigenvalue weighted by Gasteiger charge is -2.28. The first-order valence-electron chi connectivity index (χ1n) is 6.81. The van der Waals surface area contributed by atoms with Crippen LogP contribution in [0.1, 0.15) is 32.6 Å². The van der Waals surface area contributed by atoms with Gasteiger partial charge in [-0.15, -0.1) is 11.8 Å². The summed E-state index contributed by atoms with van der Waals surface area (Å²) >= 11 is 1.56. The molecule has 0 radical (unpaired) electrons. The van der Waals surface area contributed by atoms with Gasteiger partial charge in [0.2, 0.25) is 5.91 Å². The second-order valence-electron chi connectivity index (χ2n) is 5.15. The van der Waals surface area contributed by atoms with Crippen LogP contribution in [0.3, 0.4) is 0 Å². The fourth-order valence-corrected chi connectivity index (χ4v) is 3.81. The molecule has 1 aliphatic rings. The van der Waals surface area contributed by atoms with Gasteiger partial charge in [0.1, 0.15) is 6.04 Å². The van der Waals surface area contributed by atoms with Gasteiger partial charge in [0.15, 0.2) is 0 Å². The predicted octanol–water partition coefficient (Wildman–Crippen LogP) is 2.68. The smallest absolute Gasteiger partial charge is 0.325 e. The minimum Gasteiger partial charge on any atom is -0.480 e. The Balaban J connectivity index is 2.13. The predicted molar refractivity (Wildman–Crippen MR) is 78.7 cm³/mol. The van der Waals surface area contributed by atoms with Crippen molar-refractivity contribution in [3.63, 3.8) is 0 Å². The number of thioether (sulfide) groups is 1. The molecule has 1 aliphatic carbocycles. The highest BCUT2D eigenvalue weighted by atomic mass is 32.2. The van der Waals surface area contributed by atoms with Gasteiger partial charge in [-0.1, -0.05) is 31.0 Å². The van der Waals surface area contributed by atoms with E-state index in [1.165, 1.54) is 6.92 Å². The minimum absolute atomic E-state index is 0.154. The van der Waals surface area contributed by atoms with Gasteiger partial charge < -0.3 is 10.4 Å². The summed E-state index contributed by atoms with van der Waals surface area (Å²) in [6, 6.07) is 8.96.